The second-order valence-electron chi connectivity index (χ2n) is 5.57. The Hall–Kier alpha value is -1.80. The van der Waals surface area contributed by atoms with Crippen LogP contribution in [0, 0.1) is 0 Å². The highest BCUT2D eigenvalue weighted by atomic mass is 16.3. The molecule has 0 amide bonds. The van der Waals surface area contributed by atoms with Crippen LogP contribution in [0.15, 0.2) is 54.6 Å². The molecule has 0 aliphatic rings. The van der Waals surface area contributed by atoms with Gasteiger partial charge < -0.3 is 10.4 Å². The van der Waals surface area contributed by atoms with Gasteiger partial charge in [0.25, 0.3) is 0 Å². The number of aromatic hydroxyl groups is 1. The number of hydrogen-bond acceptors (Lipinski definition) is 2. The Kier molecular flexibility index (Phi) is 5.82. The van der Waals surface area contributed by atoms with Gasteiger partial charge in [-0.25, -0.2) is 0 Å². The summed E-state index contributed by atoms with van der Waals surface area (Å²) in [7, 11) is 0. The lowest BCUT2D eigenvalue weighted by Crippen LogP contribution is -2.27. The van der Waals surface area contributed by atoms with Crippen LogP contribution in [0.4, 0.5) is 0 Å². The van der Waals surface area contributed by atoms with Gasteiger partial charge in [0.2, 0.25) is 0 Å². The molecule has 2 atom stereocenters. The van der Waals surface area contributed by atoms with Crippen molar-refractivity contribution in [2.75, 3.05) is 6.54 Å². The van der Waals surface area contributed by atoms with E-state index in [2.05, 4.69) is 43.4 Å². The van der Waals surface area contributed by atoms with Crippen LogP contribution >= 0.6 is 0 Å². The van der Waals surface area contributed by atoms with E-state index in [0.717, 1.165) is 24.9 Å². The summed E-state index contributed by atoms with van der Waals surface area (Å²) in [6, 6.07) is 18.6. The molecule has 0 heterocycles. The van der Waals surface area contributed by atoms with Gasteiger partial charge in [-0.2, -0.15) is 0 Å². The van der Waals surface area contributed by atoms with E-state index < -0.39 is 0 Å². The fourth-order valence-corrected chi connectivity index (χ4v) is 2.59. The number of nitrogens with one attached hydrogen (secondary N) is 1. The monoisotopic (exact) mass is 283 g/mol. The van der Waals surface area contributed by atoms with Crippen molar-refractivity contribution >= 4 is 0 Å². The Morgan fingerprint density at radius 1 is 1.00 bits per heavy atom. The van der Waals surface area contributed by atoms with E-state index in [4.69, 9.17) is 0 Å². The first-order valence-electron chi connectivity index (χ1n) is 7.78. The first-order chi connectivity index (χ1) is 10.2. The topological polar surface area (TPSA) is 32.3 Å². The van der Waals surface area contributed by atoms with Gasteiger partial charge in [-0.05, 0) is 37.9 Å². The fraction of sp³-hybridized carbons (Fsp3) is 0.368. The van der Waals surface area contributed by atoms with Gasteiger partial charge in [0.1, 0.15) is 5.75 Å². The third-order valence-electron chi connectivity index (χ3n) is 4.05. The average Bonchev–Trinajstić information content (AvgIpc) is 2.53. The van der Waals surface area contributed by atoms with Crippen molar-refractivity contribution in [3.05, 3.63) is 65.7 Å². The predicted octanol–water partition coefficient (Wildman–Crippen LogP) is 4.30. The van der Waals surface area contributed by atoms with E-state index in [9.17, 15) is 5.11 Å². The molecule has 0 radical (unpaired) electrons. The van der Waals surface area contributed by atoms with Crippen LogP contribution in [-0.2, 0) is 0 Å². The van der Waals surface area contributed by atoms with Crippen LogP contribution < -0.4 is 5.32 Å². The second-order valence-corrected chi connectivity index (χ2v) is 5.57. The molecule has 21 heavy (non-hydrogen) atoms. The Morgan fingerprint density at radius 3 is 2.33 bits per heavy atom. The van der Waals surface area contributed by atoms with E-state index in [1.807, 2.05) is 24.3 Å². The summed E-state index contributed by atoms with van der Waals surface area (Å²) in [6.45, 7) is 5.34. The normalized spacial score (nSPS) is 13.8. The Balaban J connectivity index is 2.18. The highest BCUT2D eigenvalue weighted by Gasteiger charge is 2.17. The highest BCUT2D eigenvalue weighted by Crippen LogP contribution is 2.33. The van der Waals surface area contributed by atoms with E-state index >= 15 is 0 Å². The lowest BCUT2D eigenvalue weighted by atomic mass is 9.88. The van der Waals surface area contributed by atoms with Gasteiger partial charge in [-0.1, -0.05) is 55.5 Å². The van der Waals surface area contributed by atoms with Crippen LogP contribution in [0.2, 0.25) is 0 Å². The Morgan fingerprint density at radius 2 is 1.67 bits per heavy atom. The van der Waals surface area contributed by atoms with Crippen molar-refractivity contribution in [1.82, 2.24) is 5.32 Å². The number of hydrogen-bond donors (Lipinski definition) is 2. The summed E-state index contributed by atoms with van der Waals surface area (Å²) in [5.74, 6) is 0.610. The average molecular weight is 283 g/mol. The van der Waals surface area contributed by atoms with Crippen molar-refractivity contribution in [3.8, 4) is 5.75 Å². The molecule has 0 aromatic heterocycles. The maximum absolute atomic E-state index is 10.2. The number of benzene rings is 2. The van der Waals surface area contributed by atoms with Crippen LogP contribution in [0.1, 0.15) is 43.7 Å². The molecule has 2 rings (SSSR count). The Bertz CT molecular complexity index is 538. The molecule has 112 valence electrons. The highest BCUT2D eigenvalue weighted by molar-refractivity contribution is 5.41. The zero-order chi connectivity index (χ0) is 15.1. The summed E-state index contributed by atoms with van der Waals surface area (Å²) >= 11 is 0. The molecule has 0 aliphatic heterocycles. The maximum atomic E-state index is 10.2. The lowest BCUT2D eigenvalue weighted by molar-refractivity contribution is 0.458. The molecular weight excluding hydrogens is 258 g/mol. The summed E-state index contributed by atoms with van der Waals surface area (Å²) in [4.78, 5) is 0. The minimum atomic E-state index is 0.226. The summed E-state index contributed by atoms with van der Waals surface area (Å²) < 4.78 is 0. The van der Waals surface area contributed by atoms with Gasteiger partial charge in [0, 0.05) is 17.5 Å². The molecule has 2 N–H and O–H groups in total. The zero-order valence-electron chi connectivity index (χ0n) is 12.9. The number of para-hydroxylation sites is 1. The largest absolute Gasteiger partial charge is 0.508 e. The molecule has 2 aromatic rings. The zero-order valence-corrected chi connectivity index (χ0v) is 12.9. The summed E-state index contributed by atoms with van der Waals surface area (Å²) in [5.41, 5.74) is 2.26. The van der Waals surface area contributed by atoms with E-state index in [-0.39, 0.29) is 5.92 Å². The molecular formula is C19H25NO. The minimum absolute atomic E-state index is 0.226. The molecule has 2 aromatic carbocycles. The first kappa shape index (κ1) is 15.6. The van der Waals surface area contributed by atoms with Crippen LogP contribution in [0.3, 0.4) is 0 Å². The molecule has 0 aliphatic carbocycles. The van der Waals surface area contributed by atoms with Gasteiger partial charge >= 0.3 is 0 Å². The molecule has 2 heteroatoms. The van der Waals surface area contributed by atoms with Crippen LogP contribution in [0.5, 0.6) is 5.75 Å². The van der Waals surface area contributed by atoms with Crippen LogP contribution in [0.25, 0.3) is 0 Å². The number of rotatable bonds is 7. The predicted molar refractivity (Wildman–Crippen MR) is 88.8 cm³/mol. The smallest absolute Gasteiger partial charge is 0.119 e. The van der Waals surface area contributed by atoms with E-state index in [1.54, 1.807) is 6.07 Å². The van der Waals surface area contributed by atoms with Crippen molar-refractivity contribution in [3.63, 3.8) is 0 Å². The standard InChI is InChI=1S/C19H25NO/c1-3-15(2)20-14-13-17(16-9-5-4-6-10-16)18-11-7-8-12-19(18)21/h4-12,15,17,20-21H,3,13-14H2,1-2H3/t15-,17-/m0/s1. The van der Waals surface area contributed by atoms with Crippen molar-refractivity contribution in [2.24, 2.45) is 0 Å². The van der Waals surface area contributed by atoms with Gasteiger partial charge in [0.15, 0.2) is 0 Å². The maximum Gasteiger partial charge on any atom is 0.119 e. The quantitative estimate of drug-likeness (QED) is 0.794. The Labute approximate surface area is 127 Å². The summed E-state index contributed by atoms with van der Waals surface area (Å²) in [6.07, 6.45) is 2.11. The molecule has 0 bridgehead atoms. The molecule has 0 spiro atoms. The van der Waals surface area contributed by atoms with Gasteiger partial charge in [0.05, 0.1) is 0 Å². The SMILES string of the molecule is CC[C@H](C)NCC[C@@H](c1ccccc1)c1ccccc1O. The fourth-order valence-electron chi connectivity index (χ4n) is 2.59. The summed E-state index contributed by atoms with van der Waals surface area (Å²) in [5, 5.41) is 13.7. The van der Waals surface area contributed by atoms with Gasteiger partial charge in [-0.15, -0.1) is 0 Å². The third-order valence-corrected chi connectivity index (χ3v) is 4.05. The first-order valence-corrected chi connectivity index (χ1v) is 7.78. The third kappa shape index (κ3) is 4.33. The van der Waals surface area contributed by atoms with Crippen LogP contribution in [-0.4, -0.2) is 17.7 Å². The number of phenolic OH excluding ortho intramolecular Hbond substituents is 1. The molecule has 2 nitrogen and oxygen atoms in total. The minimum Gasteiger partial charge on any atom is -0.508 e. The lowest BCUT2D eigenvalue weighted by Gasteiger charge is -2.20. The van der Waals surface area contributed by atoms with Crippen molar-refractivity contribution in [1.29, 1.82) is 0 Å². The van der Waals surface area contributed by atoms with E-state index in [1.165, 1.54) is 5.56 Å². The molecule has 0 fully saturated rings. The molecule has 0 saturated carbocycles. The second kappa shape index (κ2) is 7.84. The van der Waals surface area contributed by atoms with Gasteiger partial charge in [-0.3, -0.25) is 0 Å². The van der Waals surface area contributed by atoms with Crippen molar-refractivity contribution in [2.45, 2.75) is 38.6 Å². The van der Waals surface area contributed by atoms with Crippen molar-refractivity contribution < 1.29 is 5.11 Å². The molecule has 0 saturated heterocycles. The molecule has 0 unspecified atom stereocenters. The van der Waals surface area contributed by atoms with E-state index in [0.29, 0.717) is 11.8 Å². The number of phenols is 1.